The SMILES string of the molecule is Cc1cc(C(F)(F)F)nn1CC(C=O)N1CCN(c2nc(-c3cc(C4=CCCC=C4)on3)cs2)CC1. The Hall–Kier alpha value is -3.25. The van der Waals surface area contributed by atoms with Crippen molar-refractivity contribution in [1.82, 2.24) is 24.8 Å². The van der Waals surface area contributed by atoms with Gasteiger partial charge in [0.1, 0.15) is 17.7 Å². The van der Waals surface area contributed by atoms with Crippen molar-refractivity contribution in [2.75, 3.05) is 31.1 Å². The van der Waals surface area contributed by atoms with Gasteiger partial charge in [-0.1, -0.05) is 23.4 Å². The van der Waals surface area contributed by atoms with Crippen molar-refractivity contribution < 1.29 is 22.5 Å². The van der Waals surface area contributed by atoms with Gasteiger partial charge < -0.3 is 14.2 Å². The van der Waals surface area contributed by atoms with E-state index in [1.165, 1.54) is 16.0 Å². The monoisotopic (exact) mass is 518 g/mol. The Bertz CT molecular complexity index is 1280. The maximum absolute atomic E-state index is 13.0. The summed E-state index contributed by atoms with van der Waals surface area (Å²) < 4.78 is 45.7. The van der Waals surface area contributed by atoms with Gasteiger partial charge in [0.2, 0.25) is 0 Å². The van der Waals surface area contributed by atoms with Crippen LogP contribution in [0.2, 0.25) is 0 Å². The van der Waals surface area contributed by atoms with E-state index in [2.05, 4.69) is 27.3 Å². The van der Waals surface area contributed by atoms with E-state index >= 15 is 0 Å². The molecular formula is C24H25F3N6O2S. The molecule has 1 atom stereocenters. The highest BCUT2D eigenvalue weighted by molar-refractivity contribution is 7.14. The summed E-state index contributed by atoms with van der Waals surface area (Å²) in [5.74, 6) is 0.721. The number of carbonyl (C=O) groups is 1. The topological polar surface area (TPSA) is 80.3 Å². The molecular weight excluding hydrogens is 493 g/mol. The number of carbonyl (C=O) groups excluding carboxylic acids is 1. The highest BCUT2D eigenvalue weighted by Gasteiger charge is 2.35. The van der Waals surface area contributed by atoms with Crippen molar-refractivity contribution in [3.05, 3.63) is 52.9 Å². The van der Waals surface area contributed by atoms with Crippen LogP contribution in [-0.2, 0) is 17.5 Å². The van der Waals surface area contributed by atoms with Gasteiger partial charge in [0, 0.05) is 48.9 Å². The summed E-state index contributed by atoms with van der Waals surface area (Å²) in [4.78, 5) is 20.6. The van der Waals surface area contributed by atoms with Crippen LogP contribution < -0.4 is 4.90 Å². The average Bonchev–Trinajstić information content (AvgIpc) is 3.63. The Morgan fingerprint density at radius 2 is 1.97 bits per heavy atom. The van der Waals surface area contributed by atoms with E-state index in [1.54, 1.807) is 6.92 Å². The van der Waals surface area contributed by atoms with Gasteiger partial charge in [-0.05, 0) is 25.8 Å². The molecule has 4 heterocycles. The average molecular weight is 519 g/mol. The molecule has 0 N–H and O–H groups in total. The first-order chi connectivity index (χ1) is 17.3. The number of alkyl halides is 3. The molecule has 0 spiro atoms. The van der Waals surface area contributed by atoms with E-state index in [1.807, 2.05) is 22.4 Å². The molecule has 36 heavy (non-hydrogen) atoms. The van der Waals surface area contributed by atoms with Crippen molar-refractivity contribution in [2.24, 2.45) is 0 Å². The normalized spacial score (nSPS) is 17.9. The molecule has 1 unspecified atom stereocenters. The van der Waals surface area contributed by atoms with Gasteiger partial charge in [0.05, 0.1) is 12.6 Å². The van der Waals surface area contributed by atoms with E-state index in [0.29, 0.717) is 37.6 Å². The van der Waals surface area contributed by atoms with Gasteiger partial charge in [-0.15, -0.1) is 11.3 Å². The minimum absolute atomic E-state index is 0.0763. The van der Waals surface area contributed by atoms with Crippen LogP contribution in [-0.4, -0.2) is 63.3 Å². The van der Waals surface area contributed by atoms with E-state index in [4.69, 9.17) is 9.51 Å². The number of halogens is 3. The van der Waals surface area contributed by atoms with Crippen LogP contribution >= 0.6 is 11.3 Å². The van der Waals surface area contributed by atoms with E-state index in [-0.39, 0.29) is 6.54 Å². The molecule has 2 aliphatic rings. The number of thiazole rings is 1. The fourth-order valence-electron chi connectivity index (χ4n) is 4.36. The zero-order valence-electron chi connectivity index (χ0n) is 19.6. The van der Waals surface area contributed by atoms with Crippen LogP contribution in [0.15, 0.2) is 40.3 Å². The quantitative estimate of drug-likeness (QED) is 0.428. The number of aryl methyl sites for hydroxylation is 1. The van der Waals surface area contributed by atoms with Gasteiger partial charge in [-0.25, -0.2) is 4.98 Å². The van der Waals surface area contributed by atoms with Gasteiger partial charge in [-0.2, -0.15) is 18.3 Å². The van der Waals surface area contributed by atoms with Gasteiger partial charge in [-0.3, -0.25) is 9.58 Å². The smallest absolute Gasteiger partial charge is 0.356 e. The van der Waals surface area contributed by atoms with Crippen LogP contribution in [0.25, 0.3) is 17.0 Å². The molecule has 8 nitrogen and oxygen atoms in total. The van der Waals surface area contributed by atoms with Crippen molar-refractivity contribution in [1.29, 1.82) is 0 Å². The number of allylic oxidation sites excluding steroid dienone is 4. The Balaban J connectivity index is 1.20. The molecule has 1 aliphatic heterocycles. The summed E-state index contributed by atoms with van der Waals surface area (Å²) in [7, 11) is 0. The standard InChI is InChI=1S/C24H25F3N6O2S/c1-16-11-22(24(25,26)27)29-33(16)13-18(14-34)31-7-9-32(10-8-31)23-28-20(15-36-23)19-12-21(35-30-19)17-5-3-2-4-6-17/h3,5-6,11-12,14-15,18H,2,4,7-10,13H2,1H3. The van der Waals surface area contributed by atoms with Crippen molar-refractivity contribution in [3.8, 4) is 11.4 Å². The first kappa shape index (κ1) is 24.4. The highest BCUT2D eigenvalue weighted by atomic mass is 32.1. The lowest BCUT2D eigenvalue weighted by Crippen LogP contribution is -2.52. The number of anilines is 1. The maximum Gasteiger partial charge on any atom is 0.435 e. The van der Waals surface area contributed by atoms with Crippen molar-refractivity contribution in [2.45, 2.75) is 38.5 Å². The summed E-state index contributed by atoms with van der Waals surface area (Å²) in [5, 5.41) is 10.6. The summed E-state index contributed by atoms with van der Waals surface area (Å²) in [6, 6.07) is 2.34. The predicted octanol–water partition coefficient (Wildman–Crippen LogP) is 4.44. The number of hydrogen-bond acceptors (Lipinski definition) is 8. The Kier molecular flexibility index (Phi) is 6.80. The number of hydrogen-bond donors (Lipinski definition) is 0. The lowest BCUT2D eigenvalue weighted by molar-refractivity contribution is -0.141. The second kappa shape index (κ2) is 10.0. The highest BCUT2D eigenvalue weighted by Crippen LogP contribution is 2.31. The van der Waals surface area contributed by atoms with Gasteiger partial charge in [0.15, 0.2) is 16.6 Å². The van der Waals surface area contributed by atoms with Gasteiger partial charge in [0.25, 0.3) is 0 Å². The zero-order chi connectivity index (χ0) is 25.3. The predicted molar refractivity (Wildman–Crippen MR) is 130 cm³/mol. The number of aromatic nitrogens is 4. The molecule has 0 amide bonds. The second-order valence-corrected chi connectivity index (χ2v) is 9.64. The molecule has 0 saturated carbocycles. The third-order valence-corrected chi connectivity index (χ3v) is 7.29. The third kappa shape index (κ3) is 5.14. The van der Waals surface area contributed by atoms with Crippen LogP contribution in [0.5, 0.6) is 0 Å². The number of aldehydes is 1. The largest absolute Gasteiger partial charge is 0.435 e. The van der Waals surface area contributed by atoms with Gasteiger partial charge >= 0.3 is 6.18 Å². The lowest BCUT2D eigenvalue weighted by Gasteiger charge is -2.37. The third-order valence-electron chi connectivity index (χ3n) is 6.39. The molecule has 0 radical (unpaired) electrons. The molecule has 3 aromatic heterocycles. The first-order valence-corrected chi connectivity index (χ1v) is 12.6. The summed E-state index contributed by atoms with van der Waals surface area (Å²) in [6.45, 7) is 4.09. The van der Waals surface area contributed by atoms with Crippen molar-refractivity contribution >= 4 is 28.3 Å². The van der Waals surface area contributed by atoms with Crippen molar-refractivity contribution in [3.63, 3.8) is 0 Å². The maximum atomic E-state index is 13.0. The van der Waals surface area contributed by atoms with Crippen LogP contribution in [0.1, 0.15) is 30.0 Å². The zero-order valence-corrected chi connectivity index (χ0v) is 20.4. The minimum Gasteiger partial charge on any atom is -0.356 e. The summed E-state index contributed by atoms with van der Waals surface area (Å²) in [5.41, 5.74) is 1.87. The summed E-state index contributed by atoms with van der Waals surface area (Å²) >= 11 is 1.52. The lowest BCUT2D eigenvalue weighted by atomic mass is 10.0. The molecule has 1 saturated heterocycles. The minimum atomic E-state index is -4.51. The van der Waals surface area contributed by atoms with E-state index < -0.39 is 17.9 Å². The Labute approximate surface area is 209 Å². The molecule has 0 aromatic carbocycles. The molecule has 3 aromatic rings. The molecule has 5 rings (SSSR count). The van der Waals surface area contributed by atoms with Crippen LogP contribution in [0, 0.1) is 6.92 Å². The number of nitrogens with zero attached hydrogens (tertiary/aromatic N) is 6. The second-order valence-electron chi connectivity index (χ2n) is 8.81. The first-order valence-electron chi connectivity index (χ1n) is 11.7. The molecule has 1 fully saturated rings. The van der Waals surface area contributed by atoms with E-state index in [9.17, 15) is 18.0 Å². The molecule has 190 valence electrons. The summed E-state index contributed by atoms with van der Waals surface area (Å²) in [6.07, 6.45) is 4.57. The van der Waals surface area contributed by atoms with E-state index in [0.717, 1.165) is 47.4 Å². The Morgan fingerprint density at radius 1 is 1.17 bits per heavy atom. The molecule has 1 aliphatic carbocycles. The fraction of sp³-hybridized carbons (Fsp3) is 0.417. The van der Waals surface area contributed by atoms with Crippen LogP contribution in [0.3, 0.4) is 0 Å². The number of rotatable bonds is 7. The Morgan fingerprint density at radius 3 is 2.64 bits per heavy atom. The number of piperazine rings is 1. The fourth-order valence-corrected chi connectivity index (χ4v) is 5.23. The molecule has 12 heteroatoms. The molecule has 0 bridgehead atoms. The van der Waals surface area contributed by atoms with Crippen LogP contribution in [0.4, 0.5) is 18.3 Å².